The summed E-state index contributed by atoms with van der Waals surface area (Å²) in [7, 11) is 0. The van der Waals surface area contributed by atoms with E-state index in [0.717, 1.165) is 32.5 Å². The Bertz CT molecular complexity index is 712. The predicted molar refractivity (Wildman–Crippen MR) is 115 cm³/mol. The lowest BCUT2D eigenvalue weighted by atomic mass is 10.1. The standard InChI is InChI=1S/C23H24IN/c24-23-14-8-7-13-22(23)19-25(17-15-20-9-3-1-4-10-20)18-16-21-11-5-2-6-12-21/h1-14H,15-19H2. The van der Waals surface area contributed by atoms with Gasteiger partial charge in [-0.05, 0) is 58.2 Å². The molecule has 0 radical (unpaired) electrons. The molecule has 0 aliphatic heterocycles. The van der Waals surface area contributed by atoms with Crippen LogP contribution in [-0.4, -0.2) is 18.0 Å². The van der Waals surface area contributed by atoms with E-state index in [2.05, 4.69) is 112 Å². The molecule has 0 unspecified atom stereocenters. The minimum Gasteiger partial charge on any atom is -0.298 e. The van der Waals surface area contributed by atoms with Gasteiger partial charge in [-0.3, -0.25) is 4.90 Å². The first-order valence-electron chi connectivity index (χ1n) is 8.85. The van der Waals surface area contributed by atoms with Gasteiger partial charge in [-0.15, -0.1) is 0 Å². The molecule has 0 aliphatic carbocycles. The lowest BCUT2D eigenvalue weighted by Gasteiger charge is -2.23. The first-order valence-corrected chi connectivity index (χ1v) is 9.93. The fourth-order valence-electron chi connectivity index (χ4n) is 3.00. The van der Waals surface area contributed by atoms with Gasteiger partial charge in [0.2, 0.25) is 0 Å². The van der Waals surface area contributed by atoms with Crippen LogP contribution in [0.15, 0.2) is 84.9 Å². The van der Waals surface area contributed by atoms with Crippen LogP contribution in [0.3, 0.4) is 0 Å². The Kier molecular flexibility index (Phi) is 7.07. The van der Waals surface area contributed by atoms with Crippen molar-refractivity contribution >= 4 is 22.6 Å². The normalized spacial score (nSPS) is 11.0. The van der Waals surface area contributed by atoms with Crippen LogP contribution in [0, 0.1) is 3.57 Å². The van der Waals surface area contributed by atoms with Crippen molar-refractivity contribution in [1.29, 1.82) is 0 Å². The highest BCUT2D eigenvalue weighted by atomic mass is 127. The fraction of sp³-hybridized carbons (Fsp3) is 0.217. The average molecular weight is 441 g/mol. The van der Waals surface area contributed by atoms with E-state index >= 15 is 0 Å². The zero-order valence-corrected chi connectivity index (χ0v) is 16.6. The third kappa shape index (κ3) is 5.98. The van der Waals surface area contributed by atoms with E-state index in [-0.39, 0.29) is 0 Å². The monoisotopic (exact) mass is 441 g/mol. The third-order valence-electron chi connectivity index (χ3n) is 4.47. The van der Waals surface area contributed by atoms with Crippen molar-refractivity contribution < 1.29 is 0 Å². The van der Waals surface area contributed by atoms with Gasteiger partial charge in [0.1, 0.15) is 0 Å². The van der Waals surface area contributed by atoms with Gasteiger partial charge in [0, 0.05) is 23.2 Å². The van der Waals surface area contributed by atoms with E-state index in [0.29, 0.717) is 0 Å². The van der Waals surface area contributed by atoms with Crippen LogP contribution < -0.4 is 0 Å². The Morgan fingerprint density at radius 3 is 1.60 bits per heavy atom. The van der Waals surface area contributed by atoms with Crippen molar-refractivity contribution in [3.8, 4) is 0 Å². The van der Waals surface area contributed by atoms with Gasteiger partial charge in [0.15, 0.2) is 0 Å². The molecule has 3 aromatic rings. The van der Waals surface area contributed by atoms with Crippen LogP contribution >= 0.6 is 22.6 Å². The number of hydrogen-bond donors (Lipinski definition) is 0. The summed E-state index contributed by atoms with van der Waals surface area (Å²) in [6.07, 6.45) is 2.19. The van der Waals surface area contributed by atoms with E-state index in [1.807, 2.05) is 0 Å². The van der Waals surface area contributed by atoms with Gasteiger partial charge in [-0.2, -0.15) is 0 Å². The molecular formula is C23H24IN. The first-order chi connectivity index (χ1) is 12.3. The van der Waals surface area contributed by atoms with E-state index in [9.17, 15) is 0 Å². The van der Waals surface area contributed by atoms with Crippen molar-refractivity contribution in [2.75, 3.05) is 13.1 Å². The molecule has 2 heteroatoms. The Hall–Kier alpha value is -1.65. The lowest BCUT2D eigenvalue weighted by molar-refractivity contribution is 0.271. The van der Waals surface area contributed by atoms with Gasteiger partial charge in [0.25, 0.3) is 0 Å². The molecule has 0 saturated heterocycles. The highest BCUT2D eigenvalue weighted by Gasteiger charge is 2.09. The Balaban J connectivity index is 1.65. The van der Waals surface area contributed by atoms with Gasteiger partial charge < -0.3 is 0 Å². The molecule has 0 amide bonds. The maximum atomic E-state index is 2.58. The molecule has 0 spiro atoms. The lowest BCUT2D eigenvalue weighted by Crippen LogP contribution is -2.28. The summed E-state index contributed by atoms with van der Waals surface area (Å²) in [6, 6.07) is 30.3. The average Bonchev–Trinajstić information content (AvgIpc) is 2.67. The van der Waals surface area contributed by atoms with Crippen LogP contribution in [0.4, 0.5) is 0 Å². The van der Waals surface area contributed by atoms with Crippen LogP contribution in [0.5, 0.6) is 0 Å². The van der Waals surface area contributed by atoms with Crippen LogP contribution in [0.25, 0.3) is 0 Å². The minimum absolute atomic E-state index is 1.01. The number of nitrogens with zero attached hydrogens (tertiary/aromatic N) is 1. The van der Waals surface area contributed by atoms with E-state index in [1.165, 1.54) is 20.3 Å². The second-order valence-electron chi connectivity index (χ2n) is 6.34. The van der Waals surface area contributed by atoms with Gasteiger partial charge in [-0.1, -0.05) is 78.9 Å². The number of hydrogen-bond acceptors (Lipinski definition) is 1. The molecule has 1 nitrogen and oxygen atoms in total. The van der Waals surface area contributed by atoms with Crippen LogP contribution in [-0.2, 0) is 19.4 Å². The van der Waals surface area contributed by atoms with Gasteiger partial charge >= 0.3 is 0 Å². The summed E-state index contributed by atoms with van der Waals surface area (Å²) in [4.78, 5) is 2.58. The Labute approximate surface area is 164 Å². The minimum atomic E-state index is 1.01. The summed E-state index contributed by atoms with van der Waals surface area (Å²) in [6.45, 7) is 3.18. The predicted octanol–water partition coefficient (Wildman–Crippen LogP) is 5.58. The van der Waals surface area contributed by atoms with E-state index < -0.39 is 0 Å². The number of rotatable bonds is 8. The summed E-state index contributed by atoms with van der Waals surface area (Å²) in [5.41, 5.74) is 4.24. The number of halogens is 1. The van der Waals surface area contributed by atoms with Crippen molar-refractivity contribution in [2.24, 2.45) is 0 Å². The van der Waals surface area contributed by atoms with E-state index in [4.69, 9.17) is 0 Å². The molecule has 0 saturated carbocycles. The molecule has 0 N–H and O–H groups in total. The summed E-state index contributed by atoms with van der Waals surface area (Å²) in [5, 5.41) is 0. The topological polar surface area (TPSA) is 3.24 Å². The second-order valence-corrected chi connectivity index (χ2v) is 7.50. The van der Waals surface area contributed by atoms with Crippen molar-refractivity contribution in [3.05, 3.63) is 105 Å². The molecule has 3 rings (SSSR count). The SMILES string of the molecule is Ic1ccccc1CN(CCc1ccccc1)CCc1ccccc1. The van der Waals surface area contributed by atoms with Crippen LogP contribution in [0.1, 0.15) is 16.7 Å². The zero-order chi connectivity index (χ0) is 17.3. The quantitative estimate of drug-likeness (QED) is 0.413. The molecule has 0 atom stereocenters. The van der Waals surface area contributed by atoms with Gasteiger partial charge in [-0.25, -0.2) is 0 Å². The van der Waals surface area contributed by atoms with Crippen molar-refractivity contribution in [2.45, 2.75) is 19.4 Å². The molecular weight excluding hydrogens is 417 g/mol. The maximum absolute atomic E-state index is 2.58. The molecule has 25 heavy (non-hydrogen) atoms. The summed E-state index contributed by atoms with van der Waals surface area (Å²) < 4.78 is 1.35. The van der Waals surface area contributed by atoms with Crippen molar-refractivity contribution in [1.82, 2.24) is 4.90 Å². The highest BCUT2D eigenvalue weighted by Crippen LogP contribution is 2.15. The zero-order valence-electron chi connectivity index (χ0n) is 14.4. The third-order valence-corrected chi connectivity index (χ3v) is 5.52. The van der Waals surface area contributed by atoms with Crippen LogP contribution in [0.2, 0.25) is 0 Å². The second kappa shape index (κ2) is 9.73. The first kappa shape index (κ1) is 18.2. The molecule has 0 heterocycles. The largest absolute Gasteiger partial charge is 0.298 e. The summed E-state index contributed by atoms with van der Waals surface area (Å²) >= 11 is 2.45. The summed E-state index contributed by atoms with van der Waals surface area (Å²) in [5.74, 6) is 0. The Morgan fingerprint density at radius 1 is 0.600 bits per heavy atom. The molecule has 128 valence electrons. The highest BCUT2D eigenvalue weighted by molar-refractivity contribution is 14.1. The van der Waals surface area contributed by atoms with E-state index in [1.54, 1.807) is 0 Å². The fourth-order valence-corrected chi connectivity index (χ4v) is 3.56. The number of benzene rings is 3. The molecule has 3 aromatic carbocycles. The smallest absolute Gasteiger partial charge is 0.0244 e. The molecule has 0 bridgehead atoms. The molecule has 0 aliphatic rings. The maximum Gasteiger partial charge on any atom is 0.0244 e. The van der Waals surface area contributed by atoms with Gasteiger partial charge in [0.05, 0.1) is 0 Å². The molecule has 0 fully saturated rings. The molecule has 0 aromatic heterocycles. The Morgan fingerprint density at radius 2 is 1.08 bits per heavy atom. The van der Waals surface area contributed by atoms with Crippen molar-refractivity contribution in [3.63, 3.8) is 0 Å².